The number of allylic oxidation sites excluding steroid dienone is 1. The number of likely N-dealkylation sites (N-methyl/N-ethyl adjacent to an activating group) is 1. The first-order chi connectivity index (χ1) is 11.8. The van der Waals surface area contributed by atoms with E-state index in [0.29, 0.717) is 0 Å². The third-order valence-electron chi connectivity index (χ3n) is 4.86. The molecule has 0 unspecified atom stereocenters. The Morgan fingerprint density at radius 2 is 0.875 bits per heavy atom. The van der Waals surface area contributed by atoms with Gasteiger partial charge in [0.25, 0.3) is 0 Å². The van der Waals surface area contributed by atoms with Crippen molar-refractivity contribution in [2.75, 3.05) is 20.6 Å². The summed E-state index contributed by atoms with van der Waals surface area (Å²) in [6, 6.07) is 0. The summed E-state index contributed by atoms with van der Waals surface area (Å²) in [5.74, 6) is 0. The number of unbranched alkanes of at least 4 members (excludes halogenated alkanes) is 16. The molecule has 0 aliphatic carbocycles. The molecule has 0 N–H and O–H groups in total. The van der Waals surface area contributed by atoms with E-state index in [9.17, 15) is 0 Å². The first-order valence-corrected chi connectivity index (χ1v) is 11.1. The average Bonchev–Trinajstić information content (AvgIpc) is 2.56. The summed E-state index contributed by atoms with van der Waals surface area (Å²) in [5, 5.41) is 0. The fraction of sp³-hybridized carbons (Fsp3) is 0.913. The molecule has 0 aliphatic heterocycles. The first kappa shape index (κ1) is 23.7. The van der Waals surface area contributed by atoms with Crippen molar-refractivity contribution in [3.8, 4) is 0 Å². The van der Waals surface area contributed by atoms with Crippen molar-refractivity contribution in [3.63, 3.8) is 0 Å². The molecule has 1 nitrogen and oxygen atoms in total. The van der Waals surface area contributed by atoms with Crippen molar-refractivity contribution < 1.29 is 0 Å². The molecule has 0 amide bonds. The third kappa shape index (κ3) is 21.7. The standard InChI is InChI=1S/C23H47N/c1-4-5-6-7-8-9-10-11-12-13-14-15-16-17-18-19-20-21-22-23-24(2)3/h21-22H,4-20,23H2,1-3H3. The van der Waals surface area contributed by atoms with Crippen molar-refractivity contribution in [3.05, 3.63) is 12.2 Å². The summed E-state index contributed by atoms with van der Waals surface area (Å²) in [7, 11) is 4.25. The molecule has 0 aromatic rings. The van der Waals surface area contributed by atoms with Crippen LogP contribution >= 0.6 is 0 Å². The lowest BCUT2D eigenvalue weighted by Gasteiger charge is -2.04. The van der Waals surface area contributed by atoms with Crippen LogP contribution in [0, 0.1) is 0 Å². The Kier molecular flexibility index (Phi) is 20.5. The minimum absolute atomic E-state index is 1.08. The van der Waals surface area contributed by atoms with Crippen LogP contribution in [0.5, 0.6) is 0 Å². The van der Waals surface area contributed by atoms with Gasteiger partial charge < -0.3 is 4.90 Å². The van der Waals surface area contributed by atoms with E-state index >= 15 is 0 Å². The van der Waals surface area contributed by atoms with Crippen molar-refractivity contribution in [1.29, 1.82) is 0 Å². The minimum atomic E-state index is 1.08. The Balaban J connectivity index is 3.01. The molecule has 0 saturated heterocycles. The molecule has 0 spiro atoms. The normalized spacial score (nSPS) is 11.8. The fourth-order valence-electron chi connectivity index (χ4n) is 3.21. The third-order valence-corrected chi connectivity index (χ3v) is 4.86. The van der Waals surface area contributed by atoms with Crippen molar-refractivity contribution in [2.45, 2.75) is 116 Å². The molecule has 0 atom stereocenters. The Morgan fingerprint density at radius 3 is 1.25 bits per heavy atom. The smallest absolute Gasteiger partial charge is 0.0157 e. The molecule has 1 heteroatoms. The van der Waals surface area contributed by atoms with E-state index in [0.717, 1.165) is 6.54 Å². The van der Waals surface area contributed by atoms with Crippen LogP contribution in [0.3, 0.4) is 0 Å². The van der Waals surface area contributed by atoms with Crippen LogP contribution in [0.15, 0.2) is 12.2 Å². The molecule has 0 aromatic heterocycles. The lowest BCUT2D eigenvalue weighted by atomic mass is 10.0. The van der Waals surface area contributed by atoms with Gasteiger partial charge in [0.15, 0.2) is 0 Å². The molecule has 0 bridgehead atoms. The van der Waals surface area contributed by atoms with E-state index in [1.165, 1.54) is 109 Å². The van der Waals surface area contributed by atoms with Crippen LogP contribution in [-0.2, 0) is 0 Å². The number of rotatable bonds is 19. The first-order valence-electron chi connectivity index (χ1n) is 11.1. The van der Waals surface area contributed by atoms with Gasteiger partial charge in [-0.2, -0.15) is 0 Å². The van der Waals surface area contributed by atoms with Gasteiger partial charge in [-0.25, -0.2) is 0 Å². The molecular weight excluding hydrogens is 290 g/mol. The van der Waals surface area contributed by atoms with Gasteiger partial charge in [0.1, 0.15) is 0 Å². The van der Waals surface area contributed by atoms with Crippen molar-refractivity contribution in [2.24, 2.45) is 0 Å². The molecule has 144 valence electrons. The quantitative estimate of drug-likeness (QED) is 0.172. The zero-order valence-electron chi connectivity index (χ0n) is 17.3. The minimum Gasteiger partial charge on any atom is -0.306 e. The fourth-order valence-corrected chi connectivity index (χ4v) is 3.21. The van der Waals surface area contributed by atoms with Gasteiger partial charge in [0.05, 0.1) is 0 Å². The predicted molar refractivity (Wildman–Crippen MR) is 112 cm³/mol. The lowest BCUT2D eigenvalue weighted by molar-refractivity contribution is 0.456. The summed E-state index contributed by atoms with van der Waals surface area (Å²) < 4.78 is 0. The SMILES string of the molecule is CCCCCCCCCCCCCCCCCCC=CCN(C)C. The van der Waals surface area contributed by atoms with Crippen molar-refractivity contribution >= 4 is 0 Å². The van der Waals surface area contributed by atoms with Crippen LogP contribution < -0.4 is 0 Å². The van der Waals surface area contributed by atoms with Crippen molar-refractivity contribution in [1.82, 2.24) is 4.90 Å². The molecule has 0 radical (unpaired) electrons. The molecule has 0 fully saturated rings. The van der Waals surface area contributed by atoms with E-state index in [2.05, 4.69) is 38.1 Å². The number of hydrogen-bond acceptors (Lipinski definition) is 1. The van der Waals surface area contributed by atoms with Gasteiger partial charge in [0.2, 0.25) is 0 Å². The predicted octanol–water partition coefficient (Wildman–Crippen LogP) is 7.76. The van der Waals surface area contributed by atoms with Crippen LogP contribution in [-0.4, -0.2) is 25.5 Å². The molecule has 0 aromatic carbocycles. The van der Waals surface area contributed by atoms with Crippen LogP contribution in [0.25, 0.3) is 0 Å². The highest BCUT2D eigenvalue weighted by atomic mass is 15.0. The van der Waals surface area contributed by atoms with Gasteiger partial charge >= 0.3 is 0 Å². The highest BCUT2D eigenvalue weighted by Gasteiger charge is 1.94. The van der Waals surface area contributed by atoms with E-state index in [4.69, 9.17) is 0 Å². The Morgan fingerprint density at radius 1 is 0.500 bits per heavy atom. The van der Waals surface area contributed by atoms with Gasteiger partial charge in [-0.1, -0.05) is 115 Å². The molecule has 0 saturated carbocycles. The largest absolute Gasteiger partial charge is 0.306 e. The topological polar surface area (TPSA) is 3.24 Å². The molecule has 0 heterocycles. The van der Waals surface area contributed by atoms with Crippen LogP contribution in [0.4, 0.5) is 0 Å². The second-order valence-electron chi connectivity index (χ2n) is 7.83. The summed E-state index contributed by atoms with van der Waals surface area (Å²) >= 11 is 0. The molecule has 24 heavy (non-hydrogen) atoms. The Hall–Kier alpha value is -0.300. The highest BCUT2D eigenvalue weighted by Crippen LogP contribution is 2.14. The van der Waals surface area contributed by atoms with E-state index < -0.39 is 0 Å². The second kappa shape index (κ2) is 20.7. The van der Waals surface area contributed by atoms with E-state index in [1.807, 2.05) is 0 Å². The average molecular weight is 338 g/mol. The summed E-state index contributed by atoms with van der Waals surface area (Å²) in [6.45, 7) is 3.38. The maximum absolute atomic E-state index is 2.35. The second-order valence-corrected chi connectivity index (χ2v) is 7.83. The summed E-state index contributed by atoms with van der Waals surface area (Å²) in [4.78, 5) is 2.21. The molecule has 0 aliphatic rings. The van der Waals surface area contributed by atoms with E-state index in [1.54, 1.807) is 0 Å². The van der Waals surface area contributed by atoms with E-state index in [-0.39, 0.29) is 0 Å². The highest BCUT2D eigenvalue weighted by molar-refractivity contribution is 4.83. The summed E-state index contributed by atoms with van der Waals surface area (Å²) in [5.41, 5.74) is 0. The monoisotopic (exact) mass is 337 g/mol. The van der Waals surface area contributed by atoms with Gasteiger partial charge in [0, 0.05) is 6.54 Å². The molecule has 0 rings (SSSR count). The number of nitrogens with zero attached hydrogens (tertiary/aromatic N) is 1. The molecular formula is C23H47N. The zero-order valence-corrected chi connectivity index (χ0v) is 17.3. The Labute approximate surface area is 154 Å². The summed E-state index contributed by atoms with van der Waals surface area (Å²) in [6.07, 6.45) is 29.2. The van der Waals surface area contributed by atoms with Crippen LogP contribution in [0.2, 0.25) is 0 Å². The lowest BCUT2D eigenvalue weighted by Crippen LogP contribution is -2.10. The van der Waals surface area contributed by atoms with Gasteiger partial charge in [-0.15, -0.1) is 0 Å². The zero-order chi connectivity index (χ0) is 17.7. The maximum Gasteiger partial charge on any atom is 0.0157 e. The van der Waals surface area contributed by atoms with Gasteiger partial charge in [-0.3, -0.25) is 0 Å². The Bertz CT molecular complexity index is 244. The maximum atomic E-state index is 2.35. The van der Waals surface area contributed by atoms with Gasteiger partial charge in [-0.05, 0) is 26.9 Å². The number of hydrogen-bond donors (Lipinski definition) is 0. The van der Waals surface area contributed by atoms with Crippen LogP contribution in [0.1, 0.15) is 116 Å².